The second kappa shape index (κ2) is 10.9. The lowest BCUT2D eigenvalue weighted by atomic mass is 10.2. The number of hydrogen-bond donors (Lipinski definition) is 2. The summed E-state index contributed by atoms with van der Waals surface area (Å²) in [6.45, 7) is 2.48. The van der Waals surface area contributed by atoms with E-state index in [0.717, 1.165) is 11.4 Å². The Morgan fingerprint density at radius 1 is 1.12 bits per heavy atom. The number of nitrogens with one attached hydrogen (secondary N) is 2. The molecule has 178 valence electrons. The molecule has 0 fully saturated rings. The number of carbonyl (C=O) groups is 2. The lowest BCUT2D eigenvalue weighted by Crippen LogP contribution is -2.25. The van der Waals surface area contributed by atoms with Crippen LogP contribution in [0, 0.1) is 13.8 Å². The fraction of sp³-hybridized carbons (Fsp3) is 0.208. The van der Waals surface area contributed by atoms with Crippen molar-refractivity contribution in [3.05, 3.63) is 76.6 Å². The summed E-state index contributed by atoms with van der Waals surface area (Å²) < 4.78 is 31.1. The third-order valence-electron chi connectivity index (χ3n) is 4.83. The molecule has 0 bridgehead atoms. The Morgan fingerprint density at radius 3 is 2.50 bits per heavy atom. The van der Waals surface area contributed by atoms with Crippen LogP contribution in [0.1, 0.15) is 29.9 Å². The Morgan fingerprint density at radius 2 is 1.85 bits per heavy atom. The monoisotopic (exact) mass is 488 g/mol. The van der Waals surface area contributed by atoms with Crippen molar-refractivity contribution in [1.29, 1.82) is 0 Å². The molecule has 0 radical (unpaired) electrons. The lowest BCUT2D eigenvalue weighted by Gasteiger charge is -2.15. The molecule has 0 saturated carbocycles. The number of aromatic nitrogens is 2. The van der Waals surface area contributed by atoms with E-state index in [1.165, 1.54) is 24.3 Å². The largest absolute Gasteiger partial charge is 0.434 e. The maximum Gasteiger partial charge on any atom is 0.387 e. The fourth-order valence-electron chi connectivity index (χ4n) is 3.25. The predicted octanol–water partition coefficient (Wildman–Crippen LogP) is 5.61. The van der Waals surface area contributed by atoms with Crippen LogP contribution >= 0.6 is 11.6 Å². The molecule has 0 saturated heterocycles. The van der Waals surface area contributed by atoms with Crippen LogP contribution in [0.5, 0.6) is 5.75 Å². The molecule has 1 aromatic heterocycles. The number of aryl methyl sites for hydroxylation is 2. The van der Waals surface area contributed by atoms with Crippen molar-refractivity contribution in [3.8, 4) is 5.75 Å². The van der Waals surface area contributed by atoms with Crippen molar-refractivity contribution < 1.29 is 23.1 Å². The van der Waals surface area contributed by atoms with Crippen molar-refractivity contribution in [2.75, 3.05) is 10.6 Å². The van der Waals surface area contributed by atoms with Gasteiger partial charge in [0.15, 0.2) is 0 Å². The molecule has 3 rings (SSSR count). The number of ether oxygens (including phenoxy) is 1. The van der Waals surface area contributed by atoms with Gasteiger partial charge in [-0.2, -0.15) is 13.9 Å². The maximum atomic E-state index is 12.6. The second-order valence-corrected chi connectivity index (χ2v) is 7.88. The number of rotatable bonds is 8. The first-order valence-electron chi connectivity index (χ1n) is 10.3. The fourth-order valence-corrected chi connectivity index (χ4v) is 3.48. The Bertz CT molecular complexity index is 1230. The van der Waals surface area contributed by atoms with Gasteiger partial charge in [-0.15, -0.1) is 0 Å². The SMILES string of the molecule is Cc1cc(C)n(C(C)C(=O)Nc2ccc(NC(=O)C=Cc3ccccc3OC(F)F)cc2Cl)n1. The van der Waals surface area contributed by atoms with E-state index in [4.69, 9.17) is 11.6 Å². The van der Waals surface area contributed by atoms with Gasteiger partial charge in [0.1, 0.15) is 11.8 Å². The topological polar surface area (TPSA) is 85.2 Å². The summed E-state index contributed by atoms with van der Waals surface area (Å²) in [7, 11) is 0. The van der Waals surface area contributed by atoms with Crippen LogP contribution in [0.4, 0.5) is 20.2 Å². The van der Waals surface area contributed by atoms with Crippen molar-refractivity contribution in [3.63, 3.8) is 0 Å². The molecule has 2 amide bonds. The highest BCUT2D eigenvalue weighted by atomic mass is 35.5. The molecule has 0 aliphatic heterocycles. The molecule has 1 atom stereocenters. The number of anilines is 2. The van der Waals surface area contributed by atoms with Crippen LogP contribution in [0.25, 0.3) is 6.08 Å². The van der Waals surface area contributed by atoms with Gasteiger partial charge in [0.25, 0.3) is 0 Å². The molecule has 2 N–H and O–H groups in total. The van der Waals surface area contributed by atoms with Gasteiger partial charge in [-0.1, -0.05) is 29.8 Å². The summed E-state index contributed by atoms with van der Waals surface area (Å²) in [5, 5.41) is 9.94. The van der Waals surface area contributed by atoms with Crippen LogP contribution in [-0.4, -0.2) is 28.2 Å². The van der Waals surface area contributed by atoms with E-state index in [1.807, 2.05) is 19.9 Å². The molecule has 0 aliphatic carbocycles. The summed E-state index contributed by atoms with van der Waals surface area (Å²) in [5.41, 5.74) is 2.77. The molecular formula is C24H23ClF2N4O3. The quantitative estimate of drug-likeness (QED) is 0.404. The zero-order valence-electron chi connectivity index (χ0n) is 18.7. The van der Waals surface area contributed by atoms with E-state index in [-0.39, 0.29) is 16.7 Å². The number of amides is 2. The zero-order valence-corrected chi connectivity index (χ0v) is 19.4. The molecule has 0 aliphatic rings. The minimum absolute atomic E-state index is 0.0422. The molecule has 3 aromatic rings. The highest BCUT2D eigenvalue weighted by Crippen LogP contribution is 2.27. The molecule has 34 heavy (non-hydrogen) atoms. The standard InChI is InChI=1S/C24H23ClF2N4O3/c1-14-12-15(2)31(30-14)16(3)23(33)29-20-10-9-18(13-19(20)25)28-22(32)11-8-17-6-4-5-7-21(17)34-24(26)27/h4-13,16,24H,1-3H3,(H,28,32)(H,29,33). The Hall–Kier alpha value is -3.72. The van der Waals surface area contributed by atoms with E-state index in [2.05, 4.69) is 20.5 Å². The molecular weight excluding hydrogens is 466 g/mol. The lowest BCUT2D eigenvalue weighted by molar-refractivity contribution is -0.119. The average molecular weight is 489 g/mol. The van der Waals surface area contributed by atoms with Gasteiger partial charge < -0.3 is 15.4 Å². The summed E-state index contributed by atoms with van der Waals surface area (Å²) in [5.74, 6) is -0.838. The molecule has 10 heteroatoms. The number of benzene rings is 2. The average Bonchev–Trinajstić information content (AvgIpc) is 3.11. The van der Waals surface area contributed by atoms with Crippen LogP contribution in [0.2, 0.25) is 5.02 Å². The van der Waals surface area contributed by atoms with Crippen molar-refractivity contribution in [2.45, 2.75) is 33.4 Å². The van der Waals surface area contributed by atoms with Crippen LogP contribution in [0.15, 0.2) is 54.6 Å². The van der Waals surface area contributed by atoms with Gasteiger partial charge >= 0.3 is 6.61 Å². The van der Waals surface area contributed by atoms with Gasteiger partial charge in [-0.05, 0) is 57.2 Å². The smallest absolute Gasteiger partial charge is 0.387 e. The highest BCUT2D eigenvalue weighted by Gasteiger charge is 2.19. The highest BCUT2D eigenvalue weighted by molar-refractivity contribution is 6.34. The van der Waals surface area contributed by atoms with E-state index < -0.39 is 18.6 Å². The first-order valence-corrected chi connectivity index (χ1v) is 10.7. The van der Waals surface area contributed by atoms with E-state index in [1.54, 1.807) is 41.9 Å². The van der Waals surface area contributed by atoms with Gasteiger partial charge in [0, 0.05) is 23.0 Å². The van der Waals surface area contributed by atoms with E-state index in [9.17, 15) is 18.4 Å². The number of halogens is 3. The first-order chi connectivity index (χ1) is 16.1. The maximum absolute atomic E-state index is 12.6. The van der Waals surface area contributed by atoms with Crippen LogP contribution in [-0.2, 0) is 9.59 Å². The first kappa shape index (κ1) is 24.9. The van der Waals surface area contributed by atoms with Crippen molar-refractivity contribution in [1.82, 2.24) is 9.78 Å². The predicted molar refractivity (Wildman–Crippen MR) is 127 cm³/mol. The Balaban J connectivity index is 1.64. The van der Waals surface area contributed by atoms with Crippen LogP contribution < -0.4 is 15.4 Å². The van der Waals surface area contributed by atoms with E-state index in [0.29, 0.717) is 16.9 Å². The molecule has 1 heterocycles. The van der Waals surface area contributed by atoms with Gasteiger partial charge in [-0.25, -0.2) is 0 Å². The van der Waals surface area contributed by atoms with Gasteiger partial charge in [0.05, 0.1) is 16.4 Å². The third-order valence-corrected chi connectivity index (χ3v) is 5.15. The van der Waals surface area contributed by atoms with Crippen LogP contribution in [0.3, 0.4) is 0 Å². The van der Waals surface area contributed by atoms with Crippen molar-refractivity contribution >= 4 is 40.9 Å². The third kappa shape index (κ3) is 6.41. The summed E-state index contributed by atoms with van der Waals surface area (Å²) in [6.07, 6.45) is 2.55. The Kier molecular flexibility index (Phi) is 8.01. The Labute approximate surface area is 200 Å². The molecule has 1 unspecified atom stereocenters. The zero-order chi connectivity index (χ0) is 24.8. The van der Waals surface area contributed by atoms with Crippen molar-refractivity contribution in [2.24, 2.45) is 0 Å². The number of nitrogens with zero attached hydrogens (tertiary/aromatic N) is 2. The molecule has 2 aromatic carbocycles. The summed E-state index contributed by atoms with van der Waals surface area (Å²) >= 11 is 6.29. The number of para-hydroxylation sites is 1. The normalized spacial score (nSPS) is 12.1. The minimum Gasteiger partial charge on any atom is -0.434 e. The second-order valence-electron chi connectivity index (χ2n) is 7.47. The molecule has 7 nitrogen and oxygen atoms in total. The number of carbonyl (C=O) groups excluding carboxylic acids is 2. The summed E-state index contributed by atoms with van der Waals surface area (Å²) in [4.78, 5) is 24.9. The number of alkyl halides is 2. The van der Waals surface area contributed by atoms with Gasteiger partial charge in [0.2, 0.25) is 11.8 Å². The molecule has 0 spiro atoms. The van der Waals surface area contributed by atoms with Gasteiger partial charge in [-0.3, -0.25) is 14.3 Å². The summed E-state index contributed by atoms with van der Waals surface area (Å²) in [6, 6.07) is 12.1. The minimum atomic E-state index is -2.97. The number of hydrogen-bond acceptors (Lipinski definition) is 4. The van der Waals surface area contributed by atoms with E-state index >= 15 is 0 Å².